The van der Waals surface area contributed by atoms with Gasteiger partial charge in [0, 0.05) is 12.7 Å². The van der Waals surface area contributed by atoms with Gasteiger partial charge in [-0.2, -0.15) is 0 Å². The van der Waals surface area contributed by atoms with Crippen LogP contribution in [0.2, 0.25) is 0 Å². The van der Waals surface area contributed by atoms with E-state index in [-0.39, 0.29) is 11.7 Å². The molecule has 8 heteroatoms. The lowest BCUT2D eigenvalue weighted by molar-refractivity contribution is -0.139. The second-order valence-electron chi connectivity index (χ2n) is 4.77. The highest BCUT2D eigenvalue weighted by atomic mass is 32.2. The lowest BCUT2D eigenvalue weighted by atomic mass is 10.2. The Morgan fingerprint density at radius 1 is 1.21 bits per heavy atom. The van der Waals surface area contributed by atoms with Gasteiger partial charge in [-0.3, -0.25) is 9.36 Å². The Morgan fingerprint density at radius 3 is 2.58 bits per heavy atom. The fraction of sp³-hybridized carbons (Fsp3) is 0.438. The van der Waals surface area contributed by atoms with E-state index in [9.17, 15) is 4.79 Å². The molecule has 0 aliphatic carbocycles. The molecule has 7 nitrogen and oxygen atoms in total. The van der Waals surface area contributed by atoms with Gasteiger partial charge in [0.05, 0.1) is 32.6 Å². The summed E-state index contributed by atoms with van der Waals surface area (Å²) in [6.07, 6.45) is 0. The fourth-order valence-corrected chi connectivity index (χ4v) is 2.82. The number of hydrogen-bond acceptors (Lipinski definition) is 7. The van der Waals surface area contributed by atoms with E-state index in [1.165, 1.54) is 11.8 Å². The molecule has 0 fully saturated rings. The number of carbonyl (C=O) groups excluding carboxylic acids is 1. The van der Waals surface area contributed by atoms with Crippen LogP contribution in [0.4, 0.5) is 0 Å². The average molecular weight is 351 g/mol. The average Bonchev–Trinajstić information content (AvgIpc) is 3.01. The highest BCUT2D eigenvalue weighted by Crippen LogP contribution is 2.25. The third kappa shape index (κ3) is 4.72. The van der Waals surface area contributed by atoms with E-state index in [4.69, 9.17) is 14.2 Å². The summed E-state index contributed by atoms with van der Waals surface area (Å²) in [5.74, 6) is 1.43. The Bertz CT molecular complexity index is 658. The van der Waals surface area contributed by atoms with E-state index in [0.717, 1.165) is 17.1 Å². The van der Waals surface area contributed by atoms with E-state index in [0.29, 0.717) is 24.9 Å². The Balaban J connectivity index is 2.21. The van der Waals surface area contributed by atoms with Gasteiger partial charge >= 0.3 is 5.97 Å². The first-order chi connectivity index (χ1) is 11.7. The molecule has 2 aromatic rings. The van der Waals surface area contributed by atoms with Crippen molar-refractivity contribution in [3.8, 4) is 17.1 Å². The summed E-state index contributed by atoms with van der Waals surface area (Å²) in [6.45, 7) is 3.27. The van der Waals surface area contributed by atoms with Gasteiger partial charge in [0.1, 0.15) is 5.75 Å². The maximum Gasteiger partial charge on any atom is 0.316 e. The van der Waals surface area contributed by atoms with Gasteiger partial charge in [-0.05, 0) is 31.2 Å². The summed E-state index contributed by atoms with van der Waals surface area (Å²) in [7, 11) is 3.27. The van der Waals surface area contributed by atoms with Gasteiger partial charge in [-0.25, -0.2) is 0 Å². The number of ether oxygens (including phenoxy) is 3. The first-order valence-corrected chi connectivity index (χ1v) is 8.53. The first-order valence-electron chi connectivity index (χ1n) is 7.54. The molecule has 0 aliphatic heterocycles. The highest BCUT2D eigenvalue weighted by molar-refractivity contribution is 7.99. The fourth-order valence-electron chi connectivity index (χ4n) is 2.06. The van der Waals surface area contributed by atoms with Crippen molar-refractivity contribution in [2.24, 2.45) is 0 Å². The molecule has 130 valence electrons. The van der Waals surface area contributed by atoms with Crippen LogP contribution in [-0.4, -0.2) is 53.9 Å². The summed E-state index contributed by atoms with van der Waals surface area (Å²) in [4.78, 5) is 11.5. The topological polar surface area (TPSA) is 75.5 Å². The second kappa shape index (κ2) is 9.29. The van der Waals surface area contributed by atoms with Crippen LogP contribution in [0.1, 0.15) is 6.92 Å². The number of nitrogens with zero attached hydrogens (tertiary/aromatic N) is 3. The molecule has 0 atom stereocenters. The van der Waals surface area contributed by atoms with Crippen LogP contribution in [0.15, 0.2) is 29.4 Å². The van der Waals surface area contributed by atoms with Crippen LogP contribution < -0.4 is 4.74 Å². The van der Waals surface area contributed by atoms with Crippen molar-refractivity contribution in [2.75, 3.05) is 33.2 Å². The van der Waals surface area contributed by atoms with E-state index in [1.807, 2.05) is 28.8 Å². The Kier molecular flexibility index (Phi) is 7.07. The third-order valence-electron chi connectivity index (χ3n) is 3.21. The van der Waals surface area contributed by atoms with Gasteiger partial charge in [0.15, 0.2) is 11.0 Å². The summed E-state index contributed by atoms with van der Waals surface area (Å²) in [5.41, 5.74) is 0.919. The minimum Gasteiger partial charge on any atom is -0.497 e. The molecule has 0 unspecified atom stereocenters. The number of rotatable bonds is 9. The predicted molar refractivity (Wildman–Crippen MR) is 91.2 cm³/mol. The van der Waals surface area contributed by atoms with Crippen LogP contribution in [-0.2, 0) is 20.8 Å². The van der Waals surface area contributed by atoms with Gasteiger partial charge in [-0.15, -0.1) is 10.2 Å². The zero-order valence-electron chi connectivity index (χ0n) is 14.0. The van der Waals surface area contributed by atoms with Crippen molar-refractivity contribution in [3.63, 3.8) is 0 Å². The molecule has 0 bridgehead atoms. The van der Waals surface area contributed by atoms with Crippen molar-refractivity contribution >= 4 is 17.7 Å². The van der Waals surface area contributed by atoms with Crippen LogP contribution in [0.3, 0.4) is 0 Å². The van der Waals surface area contributed by atoms with Crippen LogP contribution in [0.5, 0.6) is 5.75 Å². The van der Waals surface area contributed by atoms with Gasteiger partial charge in [-0.1, -0.05) is 11.8 Å². The van der Waals surface area contributed by atoms with Crippen molar-refractivity contribution < 1.29 is 19.0 Å². The molecule has 1 heterocycles. The number of methoxy groups -OCH3 is 2. The smallest absolute Gasteiger partial charge is 0.316 e. The summed E-state index contributed by atoms with van der Waals surface area (Å²) in [5, 5.41) is 9.12. The number of thioether (sulfide) groups is 1. The number of esters is 1. The van der Waals surface area contributed by atoms with Gasteiger partial charge in [0.2, 0.25) is 0 Å². The highest BCUT2D eigenvalue weighted by Gasteiger charge is 2.16. The molecule has 0 aliphatic rings. The summed E-state index contributed by atoms with van der Waals surface area (Å²) < 4.78 is 17.2. The standard InChI is InChI=1S/C16H21N3O4S/c1-4-23-14(20)11-24-16-18-17-15(19(16)9-10-21-2)12-5-7-13(22-3)8-6-12/h5-8H,4,9-11H2,1-3H3. The molecule has 0 saturated heterocycles. The Labute approximate surface area is 145 Å². The molecular formula is C16H21N3O4S. The lowest BCUT2D eigenvalue weighted by Crippen LogP contribution is -2.10. The van der Waals surface area contributed by atoms with Crippen LogP contribution in [0.25, 0.3) is 11.4 Å². The Morgan fingerprint density at radius 2 is 1.96 bits per heavy atom. The van der Waals surface area contributed by atoms with E-state index in [1.54, 1.807) is 21.1 Å². The normalized spacial score (nSPS) is 10.6. The predicted octanol–water partition coefficient (Wildman–Crippen LogP) is 2.26. The molecule has 1 aromatic carbocycles. The Hall–Kier alpha value is -2.06. The number of aromatic nitrogens is 3. The van der Waals surface area contributed by atoms with Crippen LogP contribution >= 0.6 is 11.8 Å². The van der Waals surface area contributed by atoms with E-state index in [2.05, 4.69) is 10.2 Å². The minimum absolute atomic E-state index is 0.196. The largest absolute Gasteiger partial charge is 0.497 e. The van der Waals surface area contributed by atoms with Crippen LogP contribution in [0, 0.1) is 0 Å². The number of benzene rings is 1. The zero-order chi connectivity index (χ0) is 17.4. The molecule has 0 radical (unpaired) electrons. The second-order valence-corrected chi connectivity index (χ2v) is 5.72. The number of hydrogen-bond donors (Lipinski definition) is 0. The van der Waals surface area contributed by atoms with E-state index >= 15 is 0 Å². The van der Waals surface area contributed by atoms with Crippen molar-refractivity contribution in [1.29, 1.82) is 0 Å². The number of carbonyl (C=O) groups is 1. The molecule has 0 amide bonds. The molecule has 24 heavy (non-hydrogen) atoms. The molecule has 1 aromatic heterocycles. The van der Waals surface area contributed by atoms with Crippen molar-refractivity contribution in [3.05, 3.63) is 24.3 Å². The van der Waals surface area contributed by atoms with Gasteiger partial charge in [0.25, 0.3) is 0 Å². The molecular weight excluding hydrogens is 330 g/mol. The quantitative estimate of drug-likeness (QED) is 0.506. The van der Waals surface area contributed by atoms with Crippen molar-refractivity contribution in [1.82, 2.24) is 14.8 Å². The lowest BCUT2D eigenvalue weighted by Gasteiger charge is -2.10. The zero-order valence-corrected chi connectivity index (χ0v) is 14.8. The first kappa shape index (κ1) is 18.3. The summed E-state index contributed by atoms with van der Waals surface area (Å²) in [6, 6.07) is 7.59. The third-order valence-corrected chi connectivity index (χ3v) is 4.15. The van der Waals surface area contributed by atoms with Crippen molar-refractivity contribution in [2.45, 2.75) is 18.6 Å². The molecule has 0 spiro atoms. The van der Waals surface area contributed by atoms with E-state index < -0.39 is 0 Å². The monoisotopic (exact) mass is 351 g/mol. The maximum absolute atomic E-state index is 11.5. The SMILES string of the molecule is CCOC(=O)CSc1nnc(-c2ccc(OC)cc2)n1CCOC. The maximum atomic E-state index is 11.5. The minimum atomic E-state index is -0.269. The van der Waals surface area contributed by atoms with Gasteiger partial charge < -0.3 is 14.2 Å². The molecule has 0 saturated carbocycles. The summed E-state index contributed by atoms with van der Waals surface area (Å²) >= 11 is 1.30. The molecule has 0 N–H and O–H groups in total. The molecule has 2 rings (SSSR count).